The third-order valence-electron chi connectivity index (χ3n) is 2.20. The van der Waals surface area contributed by atoms with Crippen LogP contribution in [0.15, 0.2) is 48.5 Å². The van der Waals surface area contributed by atoms with E-state index in [1.807, 2.05) is 0 Å². The highest BCUT2D eigenvalue weighted by Crippen LogP contribution is 2.15. The number of hydrogen-bond acceptors (Lipinski definition) is 1. The van der Waals surface area contributed by atoms with Crippen molar-refractivity contribution in [3.63, 3.8) is 0 Å². The van der Waals surface area contributed by atoms with Gasteiger partial charge in [-0.1, -0.05) is 18.2 Å². The summed E-state index contributed by atoms with van der Waals surface area (Å²) < 4.78 is 26.6. The second kappa shape index (κ2) is 4.74. The van der Waals surface area contributed by atoms with Gasteiger partial charge in [-0.15, -0.1) is 0 Å². The first-order valence-corrected chi connectivity index (χ1v) is 4.98. The summed E-state index contributed by atoms with van der Waals surface area (Å²) in [6.45, 7) is 0. The molecule has 2 rings (SSSR count). The van der Waals surface area contributed by atoms with E-state index in [1.54, 1.807) is 12.1 Å². The van der Waals surface area contributed by atoms with Crippen LogP contribution in [0.25, 0.3) is 0 Å². The first-order valence-electron chi connectivity index (χ1n) is 4.98. The van der Waals surface area contributed by atoms with Crippen LogP contribution in [0, 0.1) is 16.8 Å². The van der Waals surface area contributed by atoms with E-state index in [2.05, 4.69) is 0 Å². The molecule has 0 fully saturated rings. The zero-order chi connectivity index (χ0) is 12.3. The van der Waals surface area contributed by atoms with E-state index in [4.69, 9.17) is 0 Å². The maximum absolute atomic E-state index is 13.3. The number of para-hydroxylation sites is 1. The van der Waals surface area contributed by atoms with Crippen LogP contribution < -0.4 is 0 Å². The molecule has 0 unspecified atom stereocenters. The molecule has 2 nitrogen and oxygen atoms in total. The van der Waals surface area contributed by atoms with Gasteiger partial charge < -0.3 is 5.21 Å². The Kier molecular flexibility index (Phi) is 3.14. The minimum absolute atomic E-state index is 0.100. The molecule has 0 N–H and O–H groups in total. The van der Waals surface area contributed by atoms with Crippen molar-refractivity contribution >= 4 is 11.9 Å². The third kappa shape index (κ3) is 2.66. The summed E-state index contributed by atoms with van der Waals surface area (Å²) in [4.78, 5) is 0. The van der Waals surface area contributed by atoms with Gasteiger partial charge in [-0.05, 0) is 24.3 Å². The fourth-order valence-corrected chi connectivity index (χ4v) is 1.42. The van der Waals surface area contributed by atoms with Crippen molar-refractivity contribution in [2.24, 2.45) is 0 Å². The van der Waals surface area contributed by atoms with Crippen LogP contribution in [0.5, 0.6) is 0 Å². The van der Waals surface area contributed by atoms with Gasteiger partial charge in [-0.2, -0.15) is 9.13 Å². The SMILES string of the molecule is [O-][N+](=Cc1cccc(F)c1)c1ccccc1F. The molecular formula is C13H9F2NO. The number of hydrogen-bond donors (Lipinski definition) is 0. The summed E-state index contributed by atoms with van der Waals surface area (Å²) in [7, 11) is 0. The highest BCUT2D eigenvalue weighted by Gasteiger charge is 2.08. The van der Waals surface area contributed by atoms with E-state index >= 15 is 0 Å². The highest BCUT2D eigenvalue weighted by atomic mass is 19.1. The maximum atomic E-state index is 13.3. The lowest BCUT2D eigenvalue weighted by molar-refractivity contribution is -0.357. The predicted molar refractivity (Wildman–Crippen MR) is 61.3 cm³/mol. The smallest absolute Gasteiger partial charge is 0.252 e. The molecule has 0 amide bonds. The largest absolute Gasteiger partial charge is 0.618 e. The van der Waals surface area contributed by atoms with Gasteiger partial charge in [0, 0.05) is 11.6 Å². The van der Waals surface area contributed by atoms with Crippen molar-refractivity contribution in [2.45, 2.75) is 0 Å². The molecule has 0 aliphatic heterocycles. The molecule has 0 aliphatic rings. The summed E-state index contributed by atoms with van der Waals surface area (Å²) in [5, 5.41) is 11.6. The molecule has 0 aliphatic carbocycles. The Labute approximate surface area is 97.0 Å². The van der Waals surface area contributed by atoms with Gasteiger partial charge in [-0.3, -0.25) is 0 Å². The van der Waals surface area contributed by atoms with Crippen molar-refractivity contribution in [1.29, 1.82) is 0 Å². The highest BCUT2D eigenvalue weighted by molar-refractivity contribution is 5.76. The molecule has 4 heteroatoms. The predicted octanol–water partition coefficient (Wildman–Crippen LogP) is 3.23. The van der Waals surface area contributed by atoms with Crippen LogP contribution in [0.3, 0.4) is 0 Å². The van der Waals surface area contributed by atoms with Crippen LogP contribution in [0.1, 0.15) is 5.56 Å². The van der Waals surface area contributed by atoms with E-state index < -0.39 is 11.6 Å². The number of benzene rings is 2. The van der Waals surface area contributed by atoms with Crippen LogP contribution in [-0.4, -0.2) is 11.0 Å². The Morgan fingerprint density at radius 2 is 1.76 bits per heavy atom. The summed E-state index contributed by atoms with van der Waals surface area (Å²) >= 11 is 0. The first kappa shape index (κ1) is 11.3. The lowest BCUT2D eigenvalue weighted by atomic mass is 10.2. The Hall–Kier alpha value is -2.23. The standard InChI is InChI=1S/C13H9F2NO/c14-11-5-3-4-10(8-11)9-16(17)13-7-2-1-6-12(13)15/h1-9H. The Balaban J connectivity index is 2.38. The number of nitrogens with zero attached hydrogens (tertiary/aromatic N) is 1. The van der Waals surface area contributed by atoms with E-state index in [9.17, 15) is 14.0 Å². The zero-order valence-electron chi connectivity index (χ0n) is 8.81. The van der Waals surface area contributed by atoms with Gasteiger partial charge in [0.25, 0.3) is 5.69 Å². The van der Waals surface area contributed by atoms with Gasteiger partial charge in [-0.25, -0.2) is 4.39 Å². The molecular weight excluding hydrogens is 224 g/mol. The molecule has 0 saturated heterocycles. The van der Waals surface area contributed by atoms with Crippen molar-refractivity contribution < 1.29 is 13.5 Å². The Morgan fingerprint density at radius 1 is 1.00 bits per heavy atom. The second-order valence-electron chi connectivity index (χ2n) is 3.46. The molecule has 0 heterocycles. The van der Waals surface area contributed by atoms with E-state index in [0.717, 1.165) is 6.21 Å². The van der Waals surface area contributed by atoms with Crippen molar-refractivity contribution in [1.82, 2.24) is 0 Å². The fraction of sp³-hybridized carbons (Fsp3) is 0. The van der Waals surface area contributed by atoms with Crippen LogP contribution >= 0.6 is 0 Å². The first-order chi connectivity index (χ1) is 8.16. The normalized spacial score (nSPS) is 11.5. The minimum Gasteiger partial charge on any atom is -0.618 e. The third-order valence-corrected chi connectivity index (χ3v) is 2.20. The van der Waals surface area contributed by atoms with Gasteiger partial charge in [0.2, 0.25) is 0 Å². The summed E-state index contributed by atoms with van der Waals surface area (Å²) in [6.07, 6.45) is 1.13. The van der Waals surface area contributed by atoms with Crippen molar-refractivity contribution in [3.05, 3.63) is 70.9 Å². The number of rotatable bonds is 2. The number of halogens is 2. The van der Waals surface area contributed by atoms with E-state index in [-0.39, 0.29) is 5.69 Å². The maximum Gasteiger partial charge on any atom is 0.252 e. The summed E-state index contributed by atoms with van der Waals surface area (Å²) in [6, 6.07) is 11.1. The molecule has 86 valence electrons. The van der Waals surface area contributed by atoms with Gasteiger partial charge in [0.15, 0.2) is 12.0 Å². The Morgan fingerprint density at radius 3 is 2.47 bits per heavy atom. The average molecular weight is 233 g/mol. The van der Waals surface area contributed by atoms with E-state index in [1.165, 1.54) is 36.4 Å². The molecule has 0 spiro atoms. The van der Waals surface area contributed by atoms with Crippen LogP contribution in [0.4, 0.5) is 14.5 Å². The van der Waals surface area contributed by atoms with Crippen molar-refractivity contribution in [2.75, 3.05) is 0 Å². The molecule has 0 radical (unpaired) electrons. The van der Waals surface area contributed by atoms with Crippen LogP contribution in [-0.2, 0) is 0 Å². The second-order valence-corrected chi connectivity index (χ2v) is 3.46. The molecule has 2 aromatic rings. The molecule has 0 saturated carbocycles. The molecule has 0 bridgehead atoms. The topological polar surface area (TPSA) is 26.1 Å². The Bertz CT molecular complexity index is 567. The van der Waals surface area contributed by atoms with Crippen LogP contribution in [0.2, 0.25) is 0 Å². The monoisotopic (exact) mass is 233 g/mol. The fourth-order valence-electron chi connectivity index (χ4n) is 1.42. The molecule has 17 heavy (non-hydrogen) atoms. The van der Waals surface area contributed by atoms with Gasteiger partial charge in [0.05, 0.1) is 0 Å². The minimum atomic E-state index is -0.616. The lowest BCUT2D eigenvalue weighted by Gasteiger charge is -2.03. The summed E-state index contributed by atoms with van der Waals surface area (Å²) in [5.41, 5.74) is 0.278. The lowest BCUT2D eigenvalue weighted by Crippen LogP contribution is -2.01. The average Bonchev–Trinajstić information content (AvgIpc) is 2.29. The molecule has 2 aromatic carbocycles. The molecule has 0 aromatic heterocycles. The zero-order valence-corrected chi connectivity index (χ0v) is 8.81. The van der Waals surface area contributed by atoms with Crippen molar-refractivity contribution in [3.8, 4) is 0 Å². The van der Waals surface area contributed by atoms with Gasteiger partial charge >= 0.3 is 0 Å². The van der Waals surface area contributed by atoms with Gasteiger partial charge in [0.1, 0.15) is 5.82 Å². The molecule has 0 atom stereocenters. The summed E-state index contributed by atoms with van der Waals surface area (Å²) in [5.74, 6) is -1.06. The quantitative estimate of drug-likeness (QED) is 0.338. The van der Waals surface area contributed by atoms with E-state index in [0.29, 0.717) is 10.3 Å².